The number of rotatable bonds is 17. The summed E-state index contributed by atoms with van der Waals surface area (Å²) in [5.74, 6) is 3.80. The third-order valence-electron chi connectivity index (χ3n) is 7.33. The quantitative estimate of drug-likeness (QED) is 0.0706. The van der Waals surface area contributed by atoms with Crippen molar-refractivity contribution < 1.29 is 0 Å². The molecular weight excluding hydrogens is 529 g/mol. The molecule has 0 N–H and O–H groups in total. The smallest absolute Gasteiger partial charge is 0.0208 e. The molecule has 0 fully saturated rings. The van der Waals surface area contributed by atoms with Gasteiger partial charge >= 0.3 is 0 Å². The molecule has 38 heavy (non-hydrogen) atoms. The Morgan fingerprint density at radius 2 is 0.711 bits per heavy atom. The van der Waals surface area contributed by atoms with Crippen molar-refractivity contribution in [1.82, 2.24) is 0 Å². The monoisotopic (exact) mass is 570 g/mol. The molecule has 0 aromatic heterocycles. The highest BCUT2D eigenvalue weighted by Crippen LogP contribution is 2.30. The summed E-state index contributed by atoms with van der Waals surface area (Å²) in [5, 5.41) is 0. The van der Waals surface area contributed by atoms with E-state index in [0.717, 1.165) is 0 Å². The van der Waals surface area contributed by atoms with E-state index in [9.17, 15) is 0 Å². The van der Waals surface area contributed by atoms with E-state index >= 15 is 0 Å². The standard InChI is InChI=1S/C34H42S2Si2/c1-5-15-29(16-6-1)33(30-17-7-2-8-18-30)27-37-25-13-23-35-36-24-14-26-38-28-34(31-19-9-3-10-20-31)32-21-11-4-12-22-32/h1-12,15-22,33-34H,13-14,23-28,37-38H2. The first-order valence-electron chi connectivity index (χ1n) is 14.4. The molecule has 0 saturated carbocycles. The average molecular weight is 571 g/mol. The fraction of sp³-hybridized carbons (Fsp3) is 0.294. The molecule has 198 valence electrons. The Hall–Kier alpha value is -1.99. The van der Waals surface area contributed by atoms with Crippen molar-refractivity contribution in [3.63, 3.8) is 0 Å². The Kier molecular flexibility index (Phi) is 13.4. The molecule has 0 unspecified atom stereocenters. The van der Waals surface area contributed by atoms with Crippen LogP contribution in [0, 0.1) is 0 Å². The maximum Gasteiger partial charge on any atom is 0.0208 e. The van der Waals surface area contributed by atoms with Crippen molar-refractivity contribution in [2.45, 2.75) is 48.9 Å². The largest absolute Gasteiger partial charge is 0.0942 e. The maximum absolute atomic E-state index is 2.31. The van der Waals surface area contributed by atoms with Crippen LogP contribution in [0.5, 0.6) is 0 Å². The van der Waals surface area contributed by atoms with Crippen LogP contribution < -0.4 is 0 Å². The van der Waals surface area contributed by atoms with Crippen LogP contribution in [0.15, 0.2) is 121 Å². The molecule has 4 aromatic carbocycles. The lowest BCUT2D eigenvalue weighted by atomic mass is 9.93. The van der Waals surface area contributed by atoms with Gasteiger partial charge in [-0.3, -0.25) is 0 Å². The number of benzene rings is 4. The predicted molar refractivity (Wildman–Crippen MR) is 180 cm³/mol. The summed E-state index contributed by atoms with van der Waals surface area (Å²) < 4.78 is 0. The van der Waals surface area contributed by atoms with Crippen LogP contribution in [0.2, 0.25) is 24.2 Å². The molecule has 0 aliphatic rings. The Labute approximate surface area is 243 Å². The first kappa shape index (κ1) is 29.0. The summed E-state index contributed by atoms with van der Waals surface area (Å²) in [7, 11) is 4.15. The fourth-order valence-electron chi connectivity index (χ4n) is 5.28. The first-order valence-corrected chi connectivity index (χ1v) is 20.8. The van der Waals surface area contributed by atoms with Gasteiger partial charge in [0.25, 0.3) is 0 Å². The fourth-order valence-corrected chi connectivity index (χ4v) is 12.2. The van der Waals surface area contributed by atoms with Crippen molar-refractivity contribution in [2.75, 3.05) is 11.5 Å². The van der Waals surface area contributed by atoms with E-state index < -0.39 is 0 Å². The van der Waals surface area contributed by atoms with Gasteiger partial charge in [-0.2, -0.15) is 0 Å². The lowest BCUT2D eigenvalue weighted by Crippen LogP contribution is -2.05. The Morgan fingerprint density at radius 1 is 0.421 bits per heavy atom. The molecule has 0 amide bonds. The summed E-state index contributed by atoms with van der Waals surface area (Å²) in [6.07, 6.45) is 2.79. The molecule has 0 aliphatic carbocycles. The molecule has 0 nitrogen and oxygen atoms in total. The Bertz CT molecular complexity index is 952. The number of hydrogen-bond acceptors (Lipinski definition) is 2. The normalized spacial score (nSPS) is 11.9. The average Bonchev–Trinajstić information content (AvgIpc) is 2.99. The van der Waals surface area contributed by atoms with Crippen LogP contribution >= 0.6 is 21.6 Å². The highest BCUT2D eigenvalue weighted by Gasteiger charge is 2.14. The van der Waals surface area contributed by atoms with Crippen LogP contribution in [0.25, 0.3) is 0 Å². The third kappa shape index (κ3) is 9.96. The van der Waals surface area contributed by atoms with Gasteiger partial charge in [0.1, 0.15) is 0 Å². The van der Waals surface area contributed by atoms with Gasteiger partial charge in [0.15, 0.2) is 0 Å². The van der Waals surface area contributed by atoms with Gasteiger partial charge in [0, 0.05) is 42.4 Å². The lowest BCUT2D eigenvalue weighted by Gasteiger charge is -2.18. The molecule has 4 aromatic rings. The summed E-state index contributed by atoms with van der Waals surface area (Å²) in [4.78, 5) is 0. The van der Waals surface area contributed by atoms with Crippen molar-refractivity contribution >= 4 is 40.6 Å². The van der Waals surface area contributed by atoms with E-state index in [4.69, 9.17) is 0 Å². The molecule has 0 bridgehead atoms. The van der Waals surface area contributed by atoms with Gasteiger partial charge in [0.05, 0.1) is 0 Å². The van der Waals surface area contributed by atoms with Gasteiger partial charge in [-0.05, 0) is 35.1 Å². The molecule has 0 spiro atoms. The summed E-state index contributed by atoms with van der Waals surface area (Å²) in [5.41, 5.74) is 5.94. The molecule has 4 rings (SSSR count). The minimum atomic E-state index is -0.0440. The van der Waals surface area contributed by atoms with Gasteiger partial charge < -0.3 is 0 Å². The van der Waals surface area contributed by atoms with Crippen LogP contribution in [0.1, 0.15) is 46.9 Å². The second-order valence-corrected chi connectivity index (χ2v) is 16.8. The van der Waals surface area contributed by atoms with E-state index in [-0.39, 0.29) is 19.0 Å². The summed E-state index contributed by atoms with van der Waals surface area (Å²) >= 11 is 0. The van der Waals surface area contributed by atoms with E-state index in [1.165, 1.54) is 70.8 Å². The van der Waals surface area contributed by atoms with Crippen LogP contribution in [0.3, 0.4) is 0 Å². The second kappa shape index (κ2) is 17.6. The number of hydrogen-bond donors (Lipinski definition) is 0. The molecule has 0 aliphatic heterocycles. The Balaban J connectivity index is 1.07. The van der Waals surface area contributed by atoms with E-state index in [0.29, 0.717) is 11.8 Å². The topological polar surface area (TPSA) is 0 Å². The van der Waals surface area contributed by atoms with Crippen LogP contribution in [-0.4, -0.2) is 30.5 Å². The highest BCUT2D eigenvalue weighted by molar-refractivity contribution is 8.76. The van der Waals surface area contributed by atoms with E-state index in [1.54, 1.807) is 0 Å². The van der Waals surface area contributed by atoms with Gasteiger partial charge in [0.2, 0.25) is 0 Å². The minimum absolute atomic E-state index is 0.0440. The van der Waals surface area contributed by atoms with Crippen molar-refractivity contribution in [3.8, 4) is 0 Å². The van der Waals surface area contributed by atoms with Gasteiger partial charge in [-0.1, -0.05) is 167 Å². The molecule has 4 heteroatoms. The SMILES string of the molecule is c1ccc(C(C[SiH2]CCCSSCCC[SiH2]CC(c2ccccc2)c2ccccc2)c2ccccc2)cc1. The first-order chi connectivity index (χ1) is 18.9. The van der Waals surface area contributed by atoms with Gasteiger partial charge in [-0.25, -0.2) is 0 Å². The highest BCUT2D eigenvalue weighted by atomic mass is 33.1. The van der Waals surface area contributed by atoms with Crippen molar-refractivity contribution in [2.24, 2.45) is 0 Å². The molecular formula is C34H42S2Si2. The zero-order chi connectivity index (χ0) is 26.1. The van der Waals surface area contributed by atoms with E-state index in [2.05, 4.69) is 143 Å². The zero-order valence-corrected chi connectivity index (χ0v) is 27.1. The minimum Gasteiger partial charge on any atom is -0.0942 e. The summed E-state index contributed by atoms with van der Waals surface area (Å²) in [6.45, 7) is 0. The molecule has 0 saturated heterocycles. The van der Waals surface area contributed by atoms with Crippen molar-refractivity contribution in [3.05, 3.63) is 144 Å². The lowest BCUT2D eigenvalue weighted by molar-refractivity contribution is 0.905. The molecule has 0 heterocycles. The molecule has 0 radical (unpaired) electrons. The van der Waals surface area contributed by atoms with Gasteiger partial charge in [-0.15, -0.1) is 0 Å². The van der Waals surface area contributed by atoms with E-state index in [1.807, 2.05) is 0 Å². The second-order valence-electron chi connectivity index (χ2n) is 10.1. The zero-order valence-electron chi connectivity index (χ0n) is 22.6. The predicted octanol–water partition coefficient (Wildman–Crippen LogP) is 8.82. The third-order valence-corrected chi connectivity index (χ3v) is 13.9. The van der Waals surface area contributed by atoms with Crippen molar-refractivity contribution in [1.29, 1.82) is 0 Å². The van der Waals surface area contributed by atoms with Crippen LogP contribution in [0.4, 0.5) is 0 Å². The summed E-state index contributed by atoms with van der Waals surface area (Å²) in [6, 6.07) is 50.2. The Morgan fingerprint density at radius 3 is 1.00 bits per heavy atom. The molecule has 0 atom stereocenters. The van der Waals surface area contributed by atoms with Crippen LogP contribution in [-0.2, 0) is 0 Å². The maximum atomic E-state index is 2.31.